The first kappa shape index (κ1) is 22.8. The van der Waals surface area contributed by atoms with Gasteiger partial charge >= 0.3 is 0 Å². The van der Waals surface area contributed by atoms with E-state index in [1.165, 1.54) is 41.9 Å². The van der Waals surface area contributed by atoms with E-state index in [9.17, 15) is 13.2 Å². The lowest BCUT2D eigenvalue weighted by Crippen LogP contribution is -2.32. The number of carbonyl (C=O) groups excluding carboxylic acids is 1. The molecule has 1 fully saturated rings. The summed E-state index contributed by atoms with van der Waals surface area (Å²) in [6.07, 6.45) is 5.33. The van der Waals surface area contributed by atoms with Crippen LogP contribution in [0.2, 0.25) is 0 Å². The van der Waals surface area contributed by atoms with E-state index in [1.807, 2.05) is 0 Å². The molecule has 8 nitrogen and oxygen atoms in total. The van der Waals surface area contributed by atoms with Crippen molar-refractivity contribution in [2.45, 2.75) is 30.6 Å². The molecule has 0 bridgehead atoms. The average molecular weight is 446 g/mol. The highest BCUT2D eigenvalue weighted by atomic mass is 32.2. The van der Waals surface area contributed by atoms with E-state index in [4.69, 9.17) is 9.47 Å². The van der Waals surface area contributed by atoms with Gasteiger partial charge in [-0.25, -0.2) is 13.8 Å². The van der Waals surface area contributed by atoms with Crippen LogP contribution in [0, 0.1) is 0 Å². The second-order valence-corrected chi connectivity index (χ2v) is 9.09. The number of ether oxygens (including phenoxy) is 2. The molecule has 0 aromatic heterocycles. The molecule has 0 atom stereocenters. The summed E-state index contributed by atoms with van der Waals surface area (Å²) < 4.78 is 37.6. The normalized spacial score (nSPS) is 15.4. The molecule has 2 aromatic rings. The van der Waals surface area contributed by atoms with Crippen LogP contribution in [-0.4, -0.2) is 52.2 Å². The molecule has 2 aromatic carbocycles. The van der Waals surface area contributed by atoms with E-state index in [-0.39, 0.29) is 4.90 Å². The summed E-state index contributed by atoms with van der Waals surface area (Å²) in [6.45, 7) is 1.07. The fraction of sp³-hybridized carbons (Fsp3) is 0.364. The van der Waals surface area contributed by atoms with Crippen LogP contribution < -0.4 is 14.9 Å². The van der Waals surface area contributed by atoms with Gasteiger partial charge in [-0.3, -0.25) is 4.79 Å². The van der Waals surface area contributed by atoms with Gasteiger partial charge in [0.1, 0.15) is 0 Å². The van der Waals surface area contributed by atoms with Crippen molar-refractivity contribution in [2.24, 2.45) is 5.10 Å². The number of carbonyl (C=O) groups is 1. The van der Waals surface area contributed by atoms with Crippen molar-refractivity contribution in [1.29, 1.82) is 0 Å². The van der Waals surface area contributed by atoms with Crippen LogP contribution in [0.1, 0.15) is 41.6 Å². The summed E-state index contributed by atoms with van der Waals surface area (Å²) in [6, 6.07) is 11.2. The molecule has 1 aliphatic rings. The number of hydrogen-bond donors (Lipinski definition) is 1. The van der Waals surface area contributed by atoms with E-state index >= 15 is 0 Å². The molecular weight excluding hydrogens is 418 g/mol. The second kappa shape index (κ2) is 10.4. The third-order valence-electron chi connectivity index (χ3n) is 5.11. The number of benzene rings is 2. The van der Waals surface area contributed by atoms with Crippen molar-refractivity contribution in [1.82, 2.24) is 9.73 Å². The lowest BCUT2D eigenvalue weighted by atomic mass is 10.2. The third-order valence-corrected chi connectivity index (χ3v) is 7.02. The number of rotatable bonds is 7. The molecule has 1 amide bonds. The maximum Gasteiger partial charge on any atom is 0.271 e. The van der Waals surface area contributed by atoms with Gasteiger partial charge in [0.15, 0.2) is 11.5 Å². The molecule has 1 saturated heterocycles. The lowest BCUT2D eigenvalue weighted by molar-refractivity contribution is 0.0955. The van der Waals surface area contributed by atoms with Gasteiger partial charge in [-0.2, -0.15) is 9.41 Å². The topological polar surface area (TPSA) is 97.3 Å². The van der Waals surface area contributed by atoms with Crippen molar-refractivity contribution in [3.05, 3.63) is 53.6 Å². The molecular formula is C22H27N3O5S. The first-order valence-corrected chi connectivity index (χ1v) is 11.6. The van der Waals surface area contributed by atoms with E-state index in [1.54, 1.807) is 25.3 Å². The zero-order chi connectivity index (χ0) is 22.3. The summed E-state index contributed by atoms with van der Waals surface area (Å²) in [7, 11) is -0.453. The van der Waals surface area contributed by atoms with Gasteiger partial charge in [-0.15, -0.1) is 0 Å². The maximum atomic E-state index is 12.8. The van der Waals surface area contributed by atoms with Gasteiger partial charge in [0.05, 0.1) is 25.3 Å². The van der Waals surface area contributed by atoms with Crippen LogP contribution in [-0.2, 0) is 10.0 Å². The first-order valence-electron chi connectivity index (χ1n) is 10.1. The van der Waals surface area contributed by atoms with Crippen LogP contribution in [0.3, 0.4) is 0 Å². The molecule has 31 heavy (non-hydrogen) atoms. The molecule has 0 aliphatic carbocycles. The number of amides is 1. The predicted molar refractivity (Wildman–Crippen MR) is 118 cm³/mol. The van der Waals surface area contributed by atoms with Gasteiger partial charge in [-0.05, 0) is 60.9 Å². The van der Waals surface area contributed by atoms with Crippen LogP contribution in [0.4, 0.5) is 0 Å². The minimum Gasteiger partial charge on any atom is -0.493 e. The fourth-order valence-electron chi connectivity index (χ4n) is 3.37. The molecule has 9 heteroatoms. The molecule has 166 valence electrons. The van der Waals surface area contributed by atoms with Gasteiger partial charge in [0, 0.05) is 18.7 Å². The first-order chi connectivity index (χ1) is 15.0. The highest BCUT2D eigenvalue weighted by Crippen LogP contribution is 2.27. The van der Waals surface area contributed by atoms with Crippen molar-refractivity contribution in [3.63, 3.8) is 0 Å². The maximum absolute atomic E-state index is 12.8. The predicted octanol–water partition coefficient (Wildman–Crippen LogP) is 3.03. The van der Waals surface area contributed by atoms with Gasteiger partial charge in [0.2, 0.25) is 10.0 Å². The summed E-state index contributed by atoms with van der Waals surface area (Å²) >= 11 is 0. The van der Waals surface area contributed by atoms with Crippen LogP contribution in [0.15, 0.2) is 52.5 Å². The molecule has 0 radical (unpaired) electrons. The van der Waals surface area contributed by atoms with Gasteiger partial charge in [0.25, 0.3) is 5.91 Å². The minimum absolute atomic E-state index is 0.194. The average Bonchev–Trinajstić information content (AvgIpc) is 3.09. The SMILES string of the molecule is COc1ccc(/C=N\NC(=O)c2ccc(S(=O)(=O)N3CCCCCC3)cc2)cc1OC. The van der Waals surface area contributed by atoms with Crippen molar-refractivity contribution in [2.75, 3.05) is 27.3 Å². The monoisotopic (exact) mass is 445 g/mol. The molecule has 1 heterocycles. The Morgan fingerprint density at radius 3 is 2.23 bits per heavy atom. The Kier molecular flexibility index (Phi) is 7.64. The largest absolute Gasteiger partial charge is 0.493 e. The summed E-state index contributed by atoms with van der Waals surface area (Å²) in [4.78, 5) is 12.5. The van der Waals surface area contributed by atoms with Crippen LogP contribution >= 0.6 is 0 Å². The van der Waals surface area contributed by atoms with Gasteiger partial charge in [-0.1, -0.05) is 12.8 Å². The van der Waals surface area contributed by atoms with Crippen LogP contribution in [0.25, 0.3) is 0 Å². The Morgan fingerprint density at radius 1 is 0.968 bits per heavy atom. The number of methoxy groups -OCH3 is 2. The smallest absolute Gasteiger partial charge is 0.271 e. The quantitative estimate of drug-likeness (QED) is 0.522. The number of hydrazone groups is 1. The fourth-order valence-corrected chi connectivity index (χ4v) is 4.89. The second-order valence-electron chi connectivity index (χ2n) is 7.16. The lowest BCUT2D eigenvalue weighted by Gasteiger charge is -2.19. The Bertz CT molecular complexity index is 1030. The summed E-state index contributed by atoms with van der Waals surface area (Å²) in [5.41, 5.74) is 3.48. The number of sulfonamides is 1. The Hall–Kier alpha value is -2.91. The third kappa shape index (κ3) is 5.62. The van der Waals surface area contributed by atoms with Gasteiger partial charge < -0.3 is 9.47 Å². The number of nitrogens with zero attached hydrogens (tertiary/aromatic N) is 2. The standard InChI is InChI=1S/C22H27N3O5S/c1-29-20-12-7-17(15-21(20)30-2)16-23-24-22(26)18-8-10-19(11-9-18)31(27,28)25-13-5-3-4-6-14-25/h7-12,15-16H,3-6,13-14H2,1-2H3,(H,24,26)/b23-16-. The minimum atomic E-state index is -3.54. The molecule has 0 saturated carbocycles. The molecule has 1 N–H and O–H groups in total. The number of hydrogen-bond acceptors (Lipinski definition) is 6. The molecule has 0 unspecified atom stereocenters. The van der Waals surface area contributed by atoms with E-state index in [0.717, 1.165) is 31.2 Å². The Labute approximate surface area is 182 Å². The Morgan fingerprint density at radius 2 is 1.61 bits per heavy atom. The van der Waals surface area contributed by atoms with E-state index < -0.39 is 15.9 Å². The van der Waals surface area contributed by atoms with Crippen molar-refractivity contribution < 1.29 is 22.7 Å². The highest BCUT2D eigenvalue weighted by Gasteiger charge is 2.25. The summed E-state index contributed by atoms with van der Waals surface area (Å²) in [5.74, 6) is 0.716. The molecule has 3 rings (SSSR count). The number of nitrogens with one attached hydrogen (secondary N) is 1. The van der Waals surface area contributed by atoms with Crippen LogP contribution in [0.5, 0.6) is 11.5 Å². The van der Waals surface area contributed by atoms with E-state index in [0.29, 0.717) is 30.2 Å². The summed E-state index contributed by atoms with van der Waals surface area (Å²) in [5, 5.41) is 3.96. The highest BCUT2D eigenvalue weighted by molar-refractivity contribution is 7.89. The molecule has 1 aliphatic heterocycles. The van der Waals surface area contributed by atoms with Crippen molar-refractivity contribution >= 4 is 22.1 Å². The van der Waals surface area contributed by atoms with E-state index in [2.05, 4.69) is 10.5 Å². The zero-order valence-corrected chi connectivity index (χ0v) is 18.5. The zero-order valence-electron chi connectivity index (χ0n) is 17.7. The molecule has 0 spiro atoms. The van der Waals surface area contributed by atoms with Crippen molar-refractivity contribution in [3.8, 4) is 11.5 Å². The Balaban J connectivity index is 1.64.